The van der Waals surface area contributed by atoms with E-state index in [1.54, 1.807) is 6.08 Å². The molecule has 5 heteroatoms. The van der Waals surface area contributed by atoms with Gasteiger partial charge in [-0.3, -0.25) is 0 Å². The number of nitrogens with one attached hydrogen (secondary N) is 1. The normalized spacial score (nSPS) is 18.1. The molecule has 0 aromatic carbocycles. The third-order valence-electron chi connectivity index (χ3n) is 8.73. The van der Waals surface area contributed by atoms with Crippen LogP contribution in [0.15, 0.2) is 98.1 Å². The van der Waals surface area contributed by atoms with Crippen LogP contribution in [-0.2, 0) is 0 Å². The number of nitrogens with zero attached hydrogens (tertiary/aromatic N) is 3. The fourth-order valence-corrected chi connectivity index (χ4v) is 6.23. The van der Waals surface area contributed by atoms with Crippen molar-refractivity contribution in [2.75, 3.05) is 0 Å². The number of aliphatic hydroxyl groups excluding tert-OH is 1. The summed E-state index contributed by atoms with van der Waals surface area (Å²) in [7, 11) is 0. The van der Waals surface area contributed by atoms with Crippen LogP contribution >= 0.6 is 0 Å². The first kappa shape index (κ1) is 31.4. The number of fused-ring (bicyclic) bond motifs is 5. The zero-order valence-electron chi connectivity index (χ0n) is 27.0. The lowest BCUT2D eigenvalue weighted by molar-refractivity contribution is 0.474. The van der Waals surface area contributed by atoms with Crippen LogP contribution in [-0.4, -0.2) is 27.2 Å². The summed E-state index contributed by atoms with van der Waals surface area (Å²) >= 11 is 0. The Morgan fingerprint density at radius 2 is 1.02 bits per heavy atom. The zero-order valence-corrected chi connectivity index (χ0v) is 27.0. The Balaban J connectivity index is 1.85. The molecule has 0 fully saturated rings. The number of aliphatic imine (C=N–C) groups is 3. The van der Waals surface area contributed by atoms with Crippen LogP contribution < -0.4 is 10.6 Å². The molecule has 0 aliphatic carbocycles. The number of unbranched alkanes of at least 4 members (excludes halogenated alkanes) is 4. The minimum absolute atomic E-state index is 0.915. The van der Waals surface area contributed by atoms with E-state index in [0.29, 0.717) is 0 Å². The van der Waals surface area contributed by atoms with Crippen molar-refractivity contribution in [1.82, 2.24) is 4.98 Å². The number of aromatic amines is 1. The second-order valence-corrected chi connectivity index (χ2v) is 12.0. The summed E-state index contributed by atoms with van der Waals surface area (Å²) in [5, 5.41) is 11.7. The zero-order chi connectivity index (χ0) is 30.9. The minimum atomic E-state index is 0.915. The molecule has 4 aliphatic rings. The molecule has 5 rings (SSSR count). The van der Waals surface area contributed by atoms with Gasteiger partial charge in [0.25, 0.3) is 0 Å². The van der Waals surface area contributed by atoms with Crippen LogP contribution in [0.25, 0.3) is 17.2 Å². The summed E-state index contributed by atoms with van der Waals surface area (Å²) < 4.78 is 0. The molecule has 44 heavy (non-hydrogen) atoms. The van der Waals surface area contributed by atoms with Gasteiger partial charge in [-0.25, -0.2) is 15.0 Å². The van der Waals surface area contributed by atoms with E-state index in [0.717, 1.165) is 134 Å². The van der Waals surface area contributed by atoms with Gasteiger partial charge in [0.1, 0.15) is 0 Å². The Bertz CT molecular complexity index is 1690. The van der Waals surface area contributed by atoms with Crippen LogP contribution in [0.4, 0.5) is 0 Å². The van der Waals surface area contributed by atoms with Gasteiger partial charge in [-0.1, -0.05) is 53.4 Å². The molecule has 0 saturated heterocycles. The summed E-state index contributed by atoms with van der Waals surface area (Å²) in [5.74, 6) is 0. The lowest BCUT2D eigenvalue weighted by atomic mass is 10.0. The van der Waals surface area contributed by atoms with E-state index in [-0.39, 0.29) is 0 Å². The molecule has 0 amide bonds. The molecule has 230 valence electrons. The summed E-state index contributed by atoms with van der Waals surface area (Å²) in [6, 6.07) is 2.23. The molecule has 1 aromatic rings. The highest BCUT2D eigenvalue weighted by Crippen LogP contribution is 2.33. The monoisotopic (exact) mass is 588 g/mol. The van der Waals surface area contributed by atoms with Gasteiger partial charge in [-0.15, -0.1) is 0 Å². The van der Waals surface area contributed by atoms with Crippen molar-refractivity contribution in [2.24, 2.45) is 15.0 Å². The van der Waals surface area contributed by atoms with Gasteiger partial charge < -0.3 is 10.1 Å². The third-order valence-corrected chi connectivity index (χ3v) is 8.73. The average molecular weight is 589 g/mol. The lowest BCUT2D eigenvalue weighted by Crippen LogP contribution is -2.27. The van der Waals surface area contributed by atoms with E-state index in [1.807, 2.05) is 6.08 Å². The van der Waals surface area contributed by atoms with Gasteiger partial charge in [0, 0.05) is 33.2 Å². The van der Waals surface area contributed by atoms with Gasteiger partial charge in [-0.2, -0.15) is 0 Å². The van der Waals surface area contributed by atoms with Crippen molar-refractivity contribution < 1.29 is 5.11 Å². The summed E-state index contributed by atoms with van der Waals surface area (Å²) in [6.07, 6.45) is 30.5. The number of aromatic nitrogens is 1. The molecular weight excluding hydrogens is 540 g/mol. The average Bonchev–Trinajstić information content (AvgIpc) is 3.85. The van der Waals surface area contributed by atoms with Crippen molar-refractivity contribution in [3.05, 3.63) is 99.4 Å². The Labute approximate surface area is 263 Å². The molecule has 0 spiro atoms. The molecule has 4 aliphatic heterocycles. The van der Waals surface area contributed by atoms with E-state index >= 15 is 0 Å². The standard InChI is InChI=1S/C39H48N4O/c1-5-9-15-28-32-19-20-33(40-32)29(16-10-6-2)35-23-24-37(42-35)31(18-12-8-4)39-27(14-13-25-44)26-38(43-39)30(17-11-7-3)36-22-21-34(28)41-36/h13-14,19-26,43-44H,5-12,15-18H2,1-4H3/b25-13?,27-14+,32-28?,35-29?,36-30?,39-31?. The molecule has 5 nitrogen and oxygen atoms in total. The van der Waals surface area contributed by atoms with E-state index in [9.17, 15) is 5.11 Å². The first-order valence-electron chi connectivity index (χ1n) is 16.9. The van der Waals surface area contributed by atoms with Gasteiger partial charge in [0.05, 0.1) is 45.8 Å². The van der Waals surface area contributed by atoms with Crippen LogP contribution in [0.2, 0.25) is 0 Å². The summed E-state index contributed by atoms with van der Waals surface area (Å²) in [4.78, 5) is 19.7. The first-order valence-corrected chi connectivity index (χ1v) is 16.9. The first-order chi connectivity index (χ1) is 21.6. The SMILES string of the molecule is CCCCC1=C2C=CC(=N2)C(CCCC)=C2C=CC(=N2)C(CCCC)=c2[nH]c(c/c2=C\C=CO)C(CCCC)=C2C=CC1=N2. The highest BCUT2D eigenvalue weighted by atomic mass is 16.2. The highest BCUT2D eigenvalue weighted by molar-refractivity contribution is 6.26. The number of rotatable bonds is 13. The minimum Gasteiger partial charge on any atom is -0.516 e. The Hall–Kier alpha value is -3.99. The fraction of sp³-hybridized carbons (Fsp3) is 0.410. The number of H-pyrrole nitrogens is 1. The maximum absolute atomic E-state index is 9.58. The molecule has 1 aromatic heterocycles. The van der Waals surface area contributed by atoms with Crippen molar-refractivity contribution in [3.8, 4) is 0 Å². The van der Waals surface area contributed by atoms with Crippen LogP contribution in [0.3, 0.4) is 0 Å². The van der Waals surface area contributed by atoms with Crippen LogP contribution in [0.5, 0.6) is 0 Å². The number of hydrogen-bond donors (Lipinski definition) is 2. The molecule has 5 heterocycles. The second-order valence-electron chi connectivity index (χ2n) is 12.0. The van der Waals surface area contributed by atoms with Gasteiger partial charge in [0.2, 0.25) is 0 Å². The van der Waals surface area contributed by atoms with Crippen molar-refractivity contribution >= 4 is 34.4 Å². The molecule has 0 saturated carbocycles. The number of aliphatic hydroxyl groups is 1. The van der Waals surface area contributed by atoms with E-state index in [2.05, 4.69) is 75.2 Å². The molecule has 2 N–H and O–H groups in total. The maximum Gasteiger partial charge on any atom is 0.0791 e. The maximum atomic E-state index is 9.58. The second kappa shape index (κ2) is 15.1. The van der Waals surface area contributed by atoms with E-state index < -0.39 is 0 Å². The van der Waals surface area contributed by atoms with Crippen LogP contribution in [0, 0.1) is 0 Å². The van der Waals surface area contributed by atoms with Gasteiger partial charge >= 0.3 is 0 Å². The predicted octanol–water partition coefficient (Wildman–Crippen LogP) is 9.04. The van der Waals surface area contributed by atoms with Crippen molar-refractivity contribution in [1.29, 1.82) is 0 Å². The lowest BCUT2D eigenvalue weighted by Gasteiger charge is -2.11. The fourth-order valence-electron chi connectivity index (χ4n) is 6.23. The smallest absolute Gasteiger partial charge is 0.0791 e. The summed E-state index contributed by atoms with van der Waals surface area (Å²) in [6.45, 7) is 8.95. The molecule has 8 bridgehead atoms. The molecule has 0 radical (unpaired) electrons. The van der Waals surface area contributed by atoms with Crippen molar-refractivity contribution in [3.63, 3.8) is 0 Å². The molecular formula is C39H48N4O. The van der Waals surface area contributed by atoms with E-state index in [1.165, 1.54) is 22.3 Å². The highest BCUT2D eigenvalue weighted by Gasteiger charge is 2.23. The quantitative estimate of drug-likeness (QED) is 0.222. The Morgan fingerprint density at radius 3 is 1.50 bits per heavy atom. The van der Waals surface area contributed by atoms with Crippen molar-refractivity contribution in [2.45, 2.75) is 105 Å². The predicted molar refractivity (Wildman–Crippen MR) is 188 cm³/mol. The Morgan fingerprint density at radius 1 is 0.591 bits per heavy atom. The van der Waals surface area contributed by atoms with E-state index in [4.69, 9.17) is 15.0 Å². The third kappa shape index (κ3) is 6.88. The largest absolute Gasteiger partial charge is 0.516 e. The van der Waals surface area contributed by atoms with Gasteiger partial charge in [0.15, 0.2) is 0 Å². The Kier molecular flexibility index (Phi) is 10.8. The van der Waals surface area contributed by atoms with Gasteiger partial charge in [-0.05, 0) is 106 Å². The molecule has 0 unspecified atom stereocenters. The molecule has 0 atom stereocenters. The van der Waals surface area contributed by atoms with Crippen LogP contribution in [0.1, 0.15) is 110 Å². The summed E-state index contributed by atoms with van der Waals surface area (Å²) in [5.41, 5.74) is 12.1. The number of hydrogen-bond acceptors (Lipinski definition) is 4. The topological polar surface area (TPSA) is 73.1 Å². The number of allylic oxidation sites excluding steroid dienone is 10.